The number of nitrogens with one attached hydrogen (secondary N) is 1. The summed E-state index contributed by atoms with van der Waals surface area (Å²) in [4.78, 5) is 35.0. The van der Waals surface area contributed by atoms with E-state index in [2.05, 4.69) is 5.32 Å². The Kier molecular flexibility index (Phi) is 5.71. The van der Waals surface area contributed by atoms with Crippen molar-refractivity contribution in [3.05, 3.63) is 50.2 Å². The number of non-ortho nitro benzene ring substituents is 1. The lowest BCUT2D eigenvalue weighted by atomic mass is 10.2. The molecule has 0 fully saturated rings. The van der Waals surface area contributed by atoms with Crippen LogP contribution >= 0.6 is 11.3 Å². The van der Waals surface area contributed by atoms with Crippen LogP contribution in [0.5, 0.6) is 5.75 Å². The average molecular weight is 364 g/mol. The minimum atomic E-state index is -1.09. The highest BCUT2D eigenvalue weighted by Gasteiger charge is 2.22. The smallest absolute Gasteiger partial charge is 0.349 e. The number of esters is 1. The van der Waals surface area contributed by atoms with Gasteiger partial charge in [0.25, 0.3) is 11.6 Å². The fourth-order valence-corrected chi connectivity index (χ4v) is 2.80. The van der Waals surface area contributed by atoms with Crippen LogP contribution in [0.3, 0.4) is 0 Å². The van der Waals surface area contributed by atoms with Gasteiger partial charge in [-0.25, -0.2) is 4.79 Å². The molecule has 25 heavy (non-hydrogen) atoms. The molecule has 1 amide bonds. The predicted molar refractivity (Wildman–Crippen MR) is 92.2 cm³/mol. The van der Waals surface area contributed by atoms with Crippen molar-refractivity contribution in [1.29, 1.82) is 0 Å². The van der Waals surface area contributed by atoms with Gasteiger partial charge >= 0.3 is 5.97 Å². The second kappa shape index (κ2) is 7.75. The minimum absolute atomic E-state index is 0.122. The molecule has 1 unspecified atom stereocenters. The van der Waals surface area contributed by atoms with Gasteiger partial charge < -0.3 is 14.8 Å². The molecule has 0 radical (unpaired) electrons. The molecule has 1 N–H and O–H groups in total. The lowest BCUT2D eigenvalue weighted by Gasteiger charge is -2.15. The molecule has 0 saturated heterocycles. The third kappa shape index (κ3) is 4.32. The van der Waals surface area contributed by atoms with Crippen molar-refractivity contribution in [2.75, 3.05) is 12.4 Å². The molecule has 1 aromatic heterocycles. The maximum absolute atomic E-state index is 12.2. The monoisotopic (exact) mass is 364 g/mol. The zero-order chi connectivity index (χ0) is 18.6. The van der Waals surface area contributed by atoms with Crippen molar-refractivity contribution in [2.24, 2.45) is 0 Å². The topological polar surface area (TPSA) is 108 Å². The Morgan fingerprint density at radius 1 is 1.32 bits per heavy atom. The summed E-state index contributed by atoms with van der Waals surface area (Å²) in [5.74, 6) is -0.964. The molecule has 1 heterocycles. The first-order chi connectivity index (χ1) is 11.8. The molecular weight excluding hydrogens is 348 g/mol. The van der Waals surface area contributed by atoms with E-state index in [1.165, 1.54) is 43.6 Å². The maximum Gasteiger partial charge on any atom is 0.349 e. The first-order valence-corrected chi connectivity index (χ1v) is 8.09. The molecule has 1 atom stereocenters. The number of nitro groups is 1. The number of hydrogen-bond acceptors (Lipinski definition) is 7. The summed E-state index contributed by atoms with van der Waals surface area (Å²) in [6.45, 7) is 3.19. The Hall–Kier alpha value is -2.94. The number of nitrogens with zero attached hydrogens (tertiary/aromatic N) is 1. The molecule has 132 valence electrons. The van der Waals surface area contributed by atoms with Gasteiger partial charge in [-0.2, -0.15) is 0 Å². The van der Waals surface area contributed by atoms with Gasteiger partial charge in [0.2, 0.25) is 0 Å². The number of carbonyl (C=O) groups is 2. The van der Waals surface area contributed by atoms with Crippen LogP contribution in [0.15, 0.2) is 29.6 Å². The first kappa shape index (κ1) is 18.4. The Morgan fingerprint density at radius 2 is 2.04 bits per heavy atom. The van der Waals surface area contributed by atoms with E-state index in [0.717, 1.165) is 5.56 Å². The molecule has 0 spiro atoms. The van der Waals surface area contributed by atoms with Crippen LogP contribution in [-0.4, -0.2) is 30.0 Å². The third-order valence-corrected chi connectivity index (χ3v) is 4.35. The number of benzene rings is 1. The van der Waals surface area contributed by atoms with E-state index in [-0.39, 0.29) is 17.1 Å². The van der Waals surface area contributed by atoms with E-state index >= 15 is 0 Å². The van der Waals surface area contributed by atoms with E-state index < -0.39 is 22.9 Å². The quantitative estimate of drug-likeness (QED) is 0.479. The van der Waals surface area contributed by atoms with E-state index in [0.29, 0.717) is 4.88 Å². The van der Waals surface area contributed by atoms with Crippen molar-refractivity contribution in [1.82, 2.24) is 0 Å². The SMILES string of the molecule is COc1ccc([N+](=O)[O-])cc1NC(=O)C(C)OC(=O)c1sccc1C. The highest BCUT2D eigenvalue weighted by molar-refractivity contribution is 7.12. The van der Waals surface area contributed by atoms with E-state index in [4.69, 9.17) is 9.47 Å². The molecular formula is C16H16N2O6S. The maximum atomic E-state index is 12.2. The van der Waals surface area contributed by atoms with Crippen molar-refractivity contribution in [3.8, 4) is 5.75 Å². The summed E-state index contributed by atoms with van der Waals surface area (Å²) in [5.41, 5.74) is 0.690. The number of rotatable bonds is 6. The number of methoxy groups -OCH3 is 1. The van der Waals surface area contributed by atoms with Crippen LogP contribution in [0.1, 0.15) is 22.2 Å². The predicted octanol–water partition coefficient (Wildman–Crippen LogP) is 3.16. The molecule has 8 nitrogen and oxygen atoms in total. The molecule has 0 aliphatic rings. The van der Waals surface area contributed by atoms with Crippen molar-refractivity contribution in [2.45, 2.75) is 20.0 Å². The van der Waals surface area contributed by atoms with E-state index in [9.17, 15) is 19.7 Å². The van der Waals surface area contributed by atoms with Gasteiger partial charge in [-0.05, 0) is 36.9 Å². The summed E-state index contributed by atoms with van der Waals surface area (Å²) in [5, 5.41) is 15.1. The minimum Gasteiger partial charge on any atom is -0.495 e. The number of nitro benzene ring substituents is 1. The Labute approximate surface area is 147 Å². The fraction of sp³-hybridized carbons (Fsp3) is 0.250. The van der Waals surface area contributed by atoms with Crippen LogP contribution in [-0.2, 0) is 9.53 Å². The van der Waals surface area contributed by atoms with Crippen molar-refractivity contribution in [3.63, 3.8) is 0 Å². The number of amides is 1. The molecule has 0 bridgehead atoms. The van der Waals surface area contributed by atoms with Crippen LogP contribution in [0.2, 0.25) is 0 Å². The molecule has 0 aliphatic carbocycles. The Morgan fingerprint density at radius 3 is 2.60 bits per heavy atom. The van der Waals surface area contributed by atoms with Crippen molar-refractivity contribution >= 4 is 34.6 Å². The van der Waals surface area contributed by atoms with Crippen LogP contribution in [0.4, 0.5) is 11.4 Å². The van der Waals surface area contributed by atoms with Gasteiger partial charge in [0.15, 0.2) is 6.10 Å². The van der Waals surface area contributed by atoms with E-state index in [1.807, 2.05) is 0 Å². The molecule has 2 rings (SSSR count). The lowest BCUT2D eigenvalue weighted by Crippen LogP contribution is -2.30. The highest BCUT2D eigenvalue weighted by atomic mass is 32.1. The molecule has 1 aromatic carbocycles. The number of thiophene rings is 1. The summed E-state index contributed by atoms with van der Waals surface area (Å²) in [7, 11) is 1.37. The zero-order valence-electron chi connectivity index (χ0n) is 13.8. The van der Waals surface area contributed by atoms with Gasteiger partial charge in [0.05, 0.1) is 17.7 Å². The number of ether oxygens (including phenoxy) is 2. The molecule has 0 aliphatic heterocycles. The second-order valence-corrected chi connectivity index (χ2v) is 6.03. The van der Waals surface area contributed by atoms with Gasteiger partial charge in [-0.1, -0.05) is 0 Å². The van der Waals surface area contributed by atoms with Crippen LogP contribution in [0, 0.1) is 17.0 Å². The standard InChI is InChI=1S/C16H16N2O6S/c1-9-6-7-25-14(9)16(20)24-10(2)15(19)17-12-8-11(18(21)22)4-5-13(12)23-3/h4-8,10H,1-3H3,(H,17,19). The normalized spacial score (nSPS) is 11.5. The summed E-state index contributed by atoms with van der Waals surface area (Å²) in [6, 6.07) is 5.59. The Balaban J connectivity index is 2.10. The van der Waals surface area contributed by atoms with Gasteiger partial charge in [0, 0.05) is 12.1 Å². The molecule has 2 aromatic rings. The fourth-order valence-electron chi connectivity index (χ4n) is 1.99. The Bertz CT molecular complexity index is 817. The van der Waals surface area contributed by atoms with E-state index in [1.54, 1.807) is 18.4 Å². The van der Waals surface area contributed by atoms with Crippen LogP contribution in [0.25, 0.3) is 0 Å². The second-order valence-electron chi connectivity index (χ2n) is 5.11. The number of carbonyl (C=O) groups excluding carboxylic acids is 2. The first-order valence-electron chi connectivity index (χ1n) is 7.22. The average Bonchev–Trinajstić information content (AvgIpc) is 3.00. The summed E-state index contributed by atoms with van der Waals surface area (Å²) < 4.78 is 10.2. The van der Waals surface area contributed by atoms with Gasteiger partial charge in [-0.15, -0.1) is 11.3 Å². The van der Waals surface area contributed by atoms with Gasteiger partial charge in [-0.3, -0.25) is 14.9 Å². The summed E-state index contributed by atoms with van der Waals surface area (Å²) >= 11 is 1.23. The number of anilines is 1. The largest absolute Gasteiger partial charge is 0.495 e. The zero-order valence-corrected chi connectivity index (χ0v) is 14.6. The molecule has 0 saturated carbocycles. The number of hydrogen-bond donors (Lipinski definition) is 1. The summed E-state index contributed by atoms with van der Waals surface area (Å²) in [6.07, 6.45) is -1.09. The molecule has 9 heteroatoms. The van der Waals surface area contributed by atoms with Gasteiger partial charge in [0.1, 0.15) is 10.6 Å². The van der Waals surface area contributed by atoms with Crippen molar-refractivity contribution < 1.29 is 24.0 Å². The number of aryl methyl sites for hydroxylation is 1. The van der Waals surface area contributed by atoms with Crippen LogP contribution < -0.4 is 10.1 Å². The third-order valence-electron chi connectivity index (χ3n) is 3.35. The lowest BCUT2D eigenvalue weighted by molar-refractivity contribution is -0.384. The highest BCUT2D eigenvalue weighted by Crippen LogP contribution is 2.29.